The number of sulfonamides is 1. The van der Waals surface area contributed by atoms with Gasteiger partial charge in [-0.15, -0.1) is 0 Å². The van der Waals surface area contributed by atoms with Crippen molar-refractivity contribution in [3.8, 4) is 0 Å². The third-order valence-electron chi connectivity index (χ3n) is 4.07. The lowest BCUT2D eigenvalue weighted by atomic mass is 10.2. The van der Waals surface area contributed by atoms with Crippen LogP contribution in [0.2, 0.25) is 0 Å². The molecule has 1 unspecified atom stereocenters. The normalized spacial score (nSPS) is 19.3. The fourth-order valence-corrected chi connectivity index (χ4v) is 4.30. The van der Waals surface area contributed by atoms with Gasteiger partial charge in [0.2, 0.25) is 10.0 Å². The highest BCUT2D eigenvalue weighted by atomic mass is 32.2. The summed E-state index contributed by atoms with van der Waals surface area (Å²) in [4.78, 5) is 14.5. The van der Waals surface area contributed by atoms with Gasteiger partial charge in [-0.25, -0.2) is 8.42 Å². The van der Waals surface area contributed by atoms with E-state index >= 15 is 0 Å². The van der Waals surface area contributed by atoms with Gasteiger partial charge in [-0.1, -0.05) is 13.8 Å². The van der Waals surface area contributed by atoms with Gasteiger partial charge in [-0.05, 0) is 13.0 Å². The maximum absolute atomic E-state index is 12.7. The van der Waals surface area contributed by atoms with Gasteiger partial charge in [0.25, 0.3) is 5.91 Å². The second-order valence-electron chi connectivity index (χ2n) is 5.69. The standard InChI is InChI=1S/C15H25N3O4S/c1-5-18(6-2)23(20,21)13-9-14(16(4)11-13)15(19)17-7-8-22-12(3)10-17/h9,11-12H,5-8,10H2,1-4H3. The first-order valence-electron chi connectivity index (χ1n) is 7.88. The van der Waals surface area contributed by atoms with Crippen LogP contribution in [-0.4, -0.2) is 67.0 Å². The van der Waals surface area contributed by atoms with Crippen LogP contribution in [0.25, 0.3) is 0 Å². The van der Waals surface area contributed by atoms with Crippen molar-refractivity contribution in [1.29, 1.82) is 0 Å². The number of hydrogen-bond acceptors (Lipinski definition) is 4. The van der Waals surface area contributed by atoms with Crippen LogP contribution in [0.15, 0.2) is 17.2 Å². The monoisotopic (exact) mass is 343 g/mol. The number of carbonyl (C=O) groups excluding carboxylic acids is 1. The Labute approximate surface area is 137 Å². The number of aryl methyl sites for hydroxylation is 1. The van der Waals surface area contributed by atoms with E-state index in [-0.39, 0.29) is 16.9 Å². The fourth-order valence-electron chi connectivity index (χ4n) is 2.77. The van der Waals surface area contributed by atoms with E-state index < -0.39 is 10.0 Å². The number of nitrogens with zero attached hydrogens (tertiary/aromatic N) is 3. The van der Waals surface area contributed by atoms with Crippen LogP contribution >= 0.6 is 0 Å². The summed E-state index contributed by atoms with van der Waals surface area (Å²) in [7, 11) is -1.87. The molecule has 0 aliphatic carbocycles. The van der Waals surface area contributed by atoms with E-state index in [1.807, 2.05) is 6.92 Å². The summed E-state index contributed by atoms with van der Waals surface area (Å²) in [6.07, 6.45) is 1.50. The molecule has 7 nitrogen and oxygen atoms in total. The fraction of sp³-hybridized carbons (Fsp3) is 0.667. The summed E-state index contributed by atoms with van der Waals surface area (Å²) in [6, 6.07) is 1.47. The summed E-state index contributed by atoms with van der Waals surface area (Å²) in [5.41, 5.74) is 0.379. The quantitative estimate of drug-likeness (QED) is 0.797. The molecule has 2 rings (SSSR count). The molecule has 0 aromatic carbocycles. The number of hydrogen-bond donors (Lipinski definition) is 0. The Morgan fingerprint density at radius 1 is 1.39 bits per heavy atom. The first-order valence-corrected chi connectivity index (χ1v) is 9.32. The van der Waals surface area contributed by atoms with Gasteiger partial charge in [0.1, 0.15) is 10.6 Å². The minimum Gasteiger partial charge on any atom is -0.375 e. The molecule has 1 fully saturated rings. The summed E-state index contributed by atoms with van der Waals surface area (Å²) in [5, 5.41) is 0. The molecule has 2 heterocycles. The van der Waals surface area contributed by atoms with Crippen LogP contribution in [-0.2, 0) is 21.8 Å². The third kappa shape index (κ3) is 3.59. The van der Waals surface area contributed by atoms with Crippen molar-refractivity contribution in [2.75, 3.05) is 32.8 Å². The van der Waals surface area contributed by atoms with Crippen molar-refractivity contribution < 1.29 is 17.9 Å². The van der Waals surface area contributed by atoms with Crippen LogP contribution in [0.3, 0.4) is 0 Å². The first kappa shape index (κ1) is 18.0. The summed E-state index contributed by atoms with van der Waals surface area (Å²) in [5.74, 6) is -0.163. The molecule has 0 N–H and O–H groups in total. The lowest BCUT2D eigenvalue weighted by Crippen LogP contribution is -2.45. The van der Waals surface area contributed by atoms with E-state index in [1.165, 1.54) is 16.6 Å². The second-order valence-corrected chi connectivity index (χ2v) is 7.63. The highest BCUT2D eigenvalue weighted by molar-refractivity contribution is 7.89. The number of amides is 1. The molecule has 1 saturated heterocycles. The van der Waals surface area contributed by atoms with Crippen molar-refractivity contribution in [3.05, 3.63) is 18.0 Å². The Hall–Kier alpha value is -1.38. The van der Waals surface area contributed by atoms with Crippen LogP contribution in [0.4, 0.5) is 0 Å². The van der Waals surface area contributed by atoms with Crippen LogP contribution < -0.4 is 0 Å². The van der Waals surface area contributed by atoms with Gasteiger partial charge in [-0.2, -0.15) is 4.31 Å². The third-order valence-corrected chi connectivity index (χ3v) is 6.09. The predicted molar refractivity (Wildman–Crippen MR) is 86.8 cm³/mol. The van der Waals surface area contributed by atoms with E-state index in [0.29, 0.717) is 38.5 Å². The van der Waals surface area contributed by atoms with Gasteiger partial charge in [0.05, 0.1) is 12.7 Å². The SMILES string of the molecule is CCN(CC)S(=O)(=O)c1cc(C(=O)N2CCOC(C)C2)n(C)c1. The highest BCUT2D eigenvalue weighted by Crippen LogP contribution is 2.20. The summed E-state index contributed by atoms with van der Waals surface area (Å²) >= 11 is 0. The number of carbonyl (C=O) groups is 1. The zero-order valence-electron chi connectivity index (χ0n) is 14.2. The number of aromatic nitrogens is 1. The van der Waals surface area contributed by atoms with Crippen molar-refractivity contribution in [3.63, 3.8) is 0 Å². The number of rotatable bonds is 5. The number of ether oxygens (including phenoxy) is 1. The van der Waals surface area contributed by atoms with Gasteiger partial charge in [0.15, 0.2) is 0 Å². The minimum absolute atomic E-state index is 0.00755. The van der Waals surface area contributed by atoms with Crippen LogP contribution in [0.1, 0.15) is 31.3 Å². The van der Waals surface area contributed by atoms with E-state index in [9.17, 15) is 13.2 Å². The maximum Gasteiger partial charge on any atom is 0.270 e. The molecule has 8 heteroatoms. The molecule has 0 bridgehead atoms. The molecule has 1 aliphatic rings. The first-order chi connectivity index (χ1) is 10.8. The van der Waals surface area contributed by atoms with Crippen molar-refractivity contribution in [2.24, 2.45) is 7.05 Å². The molecule has 23 heavy (non-hydrogen) atoms. The second kappa shape index (κ2) is 7.02. The van der Waals surface area contributed by atoms with Crippen LogP contribution in [0, 0.1) is 0 Å². The average molecular weight is 343 g/mol. The van der Waals surface area contributed by atoms with Gasteiger partial charge in [-0.3, -0.25) is 4.79 Å². The summed E-state index contributed by atoms with van der Waals surface area (Å²) < 4.78 is 33.6. The van der Waals surface area contributed by atoms with E-state index in [0.717, 1.165) is 0 Å². The molecule has 0 saturated carbocycles. The molecule has 1 atom stereocenters. The maximum atomic E-state index is 12.7. The smallest absolute Gasteiger partial charge is 0.270 e. The van der Waals surface area contributed by atoms with Crippen molar-refractivity contribution >= 4 is 15.9 Å². The van der Waals surface area contributed by atoms with E-state index in [1.54, 1.807) is 30.4 Å². The molecule has 0 spiro atoms. The molecular formula is C15H25N3O4S. The largest absolute Gasteiger partial charge is 0.375 e. The zero-order chi connectivity index (χ0) is 17.2. The van der Waals surface area contributed by atoms with Crippen molar-refractivity contribution in [1.82, 2.24) is 13.8 Å². The van der Waals surface area contributed by atoms with E-state index in [2.05, 4.69) is 0 Å². The zero-order valence-corrected chi connectivity index (χ0v) is 15.0. The molecule has 1 aromatic heterocycles. The van der Waals surface area contributed by atoms with Gasteiger partial charge in [0, 0.05) is 39.4 Å². The molecule has 0 radical (unpaired) electrons. The topological polar surface area (TPSA) is 71.8 Å². The Kier molecular flexibility index (Phi) is 5.49. The van der Waals surface area contributed by atoms with Gasteiger partial charge < -0.3 is 14.2 Å². The Morgan fingerprint density at radius 3 is 2.61 bits per heavy atom. The molecular weight excluding hydrogens is 318 g/mol. The molecule has 1 amide bonds. The highest BCUT2D eigenvalue weighted by Gasteiger charge is 2.28. The van der Waals surface area contributed by atoms with Crippen LogP contribution in [0.5, 0.6) is 0 Å². The average Bonchev–Trinajstić information content (AvgIpc) is 2.90. The Morgan fingerprint density at radius 2 is 2.04 bits per heavy atom. The Bertz CT molecular complexity index is 664. The van der Waals surface area contributed by atoms with Crippen molar-refractivity contribution in [2.45, 2.75) is 31.8 Å². The lowest BCUT2D eigenvalue weighted by molar-refractivity contribution is -0.0127. The molecule has 1 aliphatic heterocycles. The summed E-state index contributed by atoms with van der Waals surface area (Å²) in [6.45, 7) is 7.85. The lowest BCUT2D eigenvalue weighted by Gasteiger charge is -2.31. The van der Waals surface area contributed by atoms with E-state index in [4.69, 9.17) is 4.74 Å². The number of morpholine rings is 1. The minimum atomic E-state index is -3.56. The van der Waals surface area contributed by atoms with Gasteiger partial charge >= 0.3 is 0 Å². The predicted octanol–water partition coefficient (Wildman–Crippen LogP) is 0.917. The molecule has 1 aromatic rings. The Balaban J connectivity index is 2.29. The molecule has 130 valence electrons.